The van der Waals surface area contributed by atoms with E-state index in [9.17, 15) is 4.79 Å². The number of aromatic nitrogens is 3. The van der Waals surface area contributed by atoms with Crippen molar-refractivity contribution in [3.05, 3.63) is 47.3 Å². The number of hydrogen-bond donors (Lipinski definition) is 0. The molecular formula is C19H21N5O3S. The molecule has 28 heavy (non-hydrogen) atoms. The van der Waals surface area contributed by atoms with Crippen LogP contribution in [0.4, 0.5) is 0 Å². The molecule has 1 amide bonds. The van der Waals surface area contributed by atoms with E-state index in [1.165, 1.54) is 0 Å². The maximum atomic E-state index is 12.8. The lowest BCUT2D eigenvalue weighted by Gasteiger charge is -2.34. The Kier molecular flexibility index (Phi) is 5.63. The van der Waals surface area contributed by atoms with Crippen LogP contribution in [0, 0.1) is 0 Å². The van der Waals surface area contributed by atoms with Gasteiger partial charge in [-0.2, -0.15) is 4.98 Å². The van der Waals surface area contributed by atoms with Gasteiger partial charge in [-0.1, -0.05) is 11.2 Å². The molecule has 0 bridgehead atoms. The summed E-state index contributed by atoms with van der Waals surface area (Å²) >= 11 is 1.58. The minimum absolute atomic E-state index is 0.0472. The summed E-state index contributed by atoms with van der Waals surface area (Å²) < 4.78 is 10.9. The molecule has 146 valence electrons. The molecule has 0 unspecified atom stereocenters. The van der Waals surface area contributed by atoms with Crippen molar-refractivity contribution in [2.24, 2.45) is 0 Å². The summed E-state index contributed by atoms with van der Waals surface area (Å²) in [7, 11) is 0. The summed E-state index contributed by atoms with van der Waals surface area (Å²) in [4.78, 5) is 26.5. The number of carbonyl (C=O) groups is 1. The number of thiophene rings is 1. The van der Waals surface area contributed by atoms with Gasteiger partial charge in [-0.15, -0.1) is 11.3 Å². The number of ether oxygens (including phenoxy) is 1. The summed E-state index contributed by atoms with van der Waals surface area (Å²) in [6.07, 6.45) is 1.63. The standard InChI is InChI=1S/C19H21N5O3S/c1-2-26-18-14(5-3-7-20-18)19(25)24-10-8-23(9-11-24)13-16-21-17(22-27-16)15-6-4-12-28-15/h3-7,12H,2,8-11,13H2,1H3. The molecule has 3 aromatic heterocycles. The van der Waals surface area contributed by atoms with Crippen LogP contribution in [0.5, 0.6) is 5.88 Å². The molecule has 0 aliphatic carbocycles. The summed E-state index contributed by atoms with van der Waals surface area (Å²) in [5.74, 6) is 1.56. The molecule has 4 rings (SSSR count). The number of pyridine rings is 1. The lowest BCUT2D eigenvalue weighted by Crippen LogP contribution is -2.48. The molecule has 1 fully saturated rings. The van der Waals surface area contributed by atoms with Crippen LogP contribution >= 0.6 is 11.3 Å². The Labute approximate surface area is 166 Å². The highest BCUT2D eigenvalue weighted by Crippen LogP contribution is 2.22. The van der Waals surface area contributed by atoms with Crippen molar-refractivity contribution >= 4 is 17.2 Å². The number of rotatable bonds is 6. The largest absolute Gasteiger partial charge is 0.477 e. The van der Waals surface area contributed by atoms with Crippen LogP contribution in [0.3, 0.4) is 0 Å². The zero-order chi connectivity index (χ0) is 19.3. The van der Waals surface area contributed by atoms with Gasteiger partial charge < -0.3 is 14.2 Å². The van der Waals surface area contributed by atoms with E-state index in [4.69, 9.17) is 9.26 Å². The second kappa shape index (κ2) is 8.49. The van der Waals surface area contributed by atoms with Gasteiger partial charge in [0.25, 0.3) is 5.91 Å². The fourth-order valence-electron chi connectivity index (χ4n) is 3.10. The van der Waals surface area contributed by atoms with Gasteiger partial charge >= 0.3 is 0 Å². The first-order chi connectivity index (χ1) is 13.7. The van der Waals surface area contributed by atoms with Crippen LogP contribution in [0.2, 0.25) is 0 Å². The van der Waals surface area contributed by atoms with E-state index in [0.717, 1.165) is 18.0 Å². The SMILES string of the molecule is CCOc1ncccc1C(=O)N1CCN(Cc2nc(-c3cccs3)no2)CC1. The first-order valence-electron chi connectivity index (χ1n) is 9.20. The maximum absolute atomic E-state index is 12.8. The van der Waals surface area contributed by atoms with Crippen LogP contribution in [0.1, 0.15) is 23.2 Å². The minimum Gasteiger partial charge on any atom is -0.477 e. The van der Waals surface area contributed by atoms with Gasteiger partial charge in [0.2, 0.25) is 17.6 Å². The average Bonchev–Trinajstić information content (AvgIpc) is 3.41. The second-order valence-electron chi connectivity index (χ2n) is 6.35. The van der Waals surface area contributed by atoms with E-state index < -0.39 is 0 Å². The predicted molar refractivity (Wildman–Crippen MR) is 104 cm³/mol. The van der Waals surface area contributed by atoms with Crippen molar-refractivity contribution in [3.8, 4) is 16.6 Å². The number of carbonyl (C=O) groups excluding carboxylic acids is 1. The lowest BCUT2D eigenvalue weighted by atomic mass is 10.2. The molecule has 9 heteroatoms. The third kappa shape index (κ3) is 4.05. The molecule has 0 N–H and O–H groups in total. The first-order valence-corrected chi connectivity index (χ1v) is 10.1. The number of amides is 1. The van der Waals surface area contributed by atoms with Crippen molar-refractivity contribution in [1.82, 2.24) is 24.9 Å². The molecule has 4 heterocycles. The predicted octanol–water partition coefficient (Wildman–Crippen LogP) is 2.55. The first kappa shape index (κ1) is 18.6. The maximum Gasteiger partial charge on any atom is 0.259 e. The molecule has 8 nitrogen and oxygen atoms in total. The van der Waals surface area contributed by atoms with E-state index in [1.54, 1.807) is 29.7 Å². The smallest absolute Gasteiger partial charge is 0.259 e. The van der Waals surface area contributed by atoms with Crippen LogP contribution in [-0.2, 0) is 6.54 Å². The Balaban J connectivity index is 1.34. The summed E-state index contributed by atoms with van der Waals surface area (Å²) in [5, 5.41) is 6.03. The van der Waals surface area contributed by atoms with Crippen LogP contribution in [0.25, 0.3) is 10.7 Å². The normalized spacial score (nSPS) is 15.0. The fourth-order valence-corrected chi connectivity index (χ4v) is 3.75. The van der Waals surface area contributed by atoms with E-state index in [1.807, 2.05) is 29.3 Å². The Morgan fingerprint density at radius 2 is 2.11 bits per heavy atom. The minimum atomic E-state index is -0.0472. The molecule has 1 saturated heterocycles. The van der Waals surface area contributed by atoms with Gasteiger partial charge in [-0.3, -0.25) is 9.69 Å². The zero-order valence-corrected chi connectivity index (χ0v) is 16.4. The molecular weight excluding hydrogens is 378 g/mol. The molecule has 1 aliphatic heterocycles. The lowest BCUT2D eigenvalue weighted by molar-refractivity contribution is 0.0610. The number of hydrogen-bond acceptors (Lipinski definition) is 8. The molecule has 1 aliphatic rings. The van der Waals surface area contributed by atoms with Gasteiger partial charge in [0.15, 0.2) is 0 Å². The summed E-state index contributed by atoms with van der Waals surface area (Å²) in [5.41, 5.74) is 0.510. The molecule has 0 radical (unpaired) electrons. The topological polar surface area (TPSA) is 84.6 Å². The molecule has 0 aromatic carbocycles. The van der Waals surface area contributed by atoms with E-state index in [-0.39, 0.29) is 5.91 Å². The van der Waals surface area contributed by atoms with Gasteiger partial charge in [0, 0.05) is 32.4 Å². The van der Waals surface area contributed by atoms with Gasteiger partial charge in [-0.25, -0.2) is 4.98 Å². The van der Waals surface area contributed by atoms with Gasteiger partial charge in [-0.05, 0) is 30.5 Å². The van der Waals surface area contributed by atoms with Gasteiger partial charge in [0.05, 0.1) is 18.0 Å². The van der Waals surface area contributed by atoms with E-state index in [0.29, 0.717) is 49.4 Å². The van der Waals surface area contributed by atoms with Crippen molar-refractivity contribution < 1.29 is 14.1 Å². The van der Waals surface area contributed by atoms with Crippen molar-refractivity contribution in [2.45, 2.75) is 13.5 Å². The highest BCUT2D eigenvalue weighted by Gasteiger charge is 2.25. The van der Waals surface area contributed by atoms with Crippen LogP contribution in [0.15, 0.2) is 40.4 Å². The summed E-state index contributed by atoms with van der Waals surface area (Å²) in [6, 6.07) is 7.45. The van der Waals surface area contributed by atoms with Gasteiger partial charge in [0.1, 0.15) is 5.56 Å². The molecule has 0 saturated carbocycles. The average molecular weight is 399 g/mol. The van der Waals surface area contributed by atoms with Crippen molar-refractivity contribution in [1.29, 1.82) is 0 Å². The zero-order valence-electron chi connectivity index (χ0n) is 15.6. The molecule has 0 spiro atoms. The van der Waals surface area contributed by atoms with E-state index >= 15 is 0 Å². The third-order valence-electron chi connectivity index (χ3n) is 4.51. The van der Waals surface area contributed by atoms with Crippen molar-refractivity contribution in [3.63, 3.8) is 0 Å². The molecule has 0 atom stereocenters. The van der Waals surface area contributed by atoms with Crippen molar-refractivity contribution in [2.75, 3.05) is 32.8 Å². The second-order valence-corrected chi connectivity index (χ2v) is 7.29. The Morgan fingerprint density at radius 3 is 2.86 bits per heavy atom. The highest BCUT2D eigenvalue weighted by molar-refractivity contribution is 7.13. The van der Waals surface area contributed by atoms with E-state index in [2.05, 4.69) is 20.0 Å². The highest BCUT2D eigenvalue weighted by atomic mass is 32.1. The Bertz CT molecular complexity index is 919. The number of nitrogens with zero attached hydrogens (tertiary/aromatic N) is 5. The number of piperazine rings is 1. The monoisotopic (exact) mass is 399 g/mol. The Morgan fingerprint density at radius 1 is 1.25 bits per heavy atom. The summed E-state index contributed by atoms with van der Waals surface area (Å²) in [6.45, 7) is 5.68. The Hall–Kier alpha value is -2.78. The third-order valence-corrected chi connectivity index (χ3v) is 5.38. The van der Waals surface area contributed by atoms with Crippen LogP contribution < -0.4 is 4.74 Å². The fraction of sp³-hybridized carbons (Fsp3) is 0.368. The van der Waals surface area contributed by atoms with Crippen LogP contribution in [-0.4, -0.2) is 63.6 Å². The quantitative estimate of drug-likeness (QED) is 0.630. The molecule has 3 aromatic rings.